The minimum Gasteiger partial charge on any atom is -0.334 e. The second-order valence-electron chi connectivity index (χ2n) is 5.63. The maximum absolute atomic E-state index is 12.6. The van der Waals surface area contributed by atoms with Gasteiger partial charge in [0.2, 0.25) is 5.91 Å². The molecular weight excluding hydrogens is 220 g/mol. The van der Waals surface area contributed by atoms with Gasteiger partial charge in [-0.25, -0.2) is 0 Å². The second-order valence-corrected chi connectivity index (χ2v) is 7.23. The Bertz CT molecular complexity index is 285. The highest BCUT2D eigenvalue weighted by Gasteiger charge is 2.44. The molecule has 1 atom stereocenters. The maximum Gasteiger partial charge on any atom is 0.239 e. The average Bonchev–Trinajstić information content (AvgIpc) is 2.65. The lowest BCUT2D eigenvalue weighted by Crippen LogP contribution is -2.63. The third-order valence-electron chi connectivity index (χ3n) is 3.72. The van der Waals surface area contributed by atoms with Gasteiger partial charge in [-0.1, -0.05) is 0 Å². The fourth-order valence-corrected chi connectivity index (χ4v) is 3.85. The van der Waals surface area contributed by atoms with Gasteiger partial charge in [-0.2, -0.15) is 0 Å². The first kappa shape index (κ1) is 12.2. The summed E-state index contributed by atoms with van der Waals surface area (Å²) in [5.74, 6) is 1.48. The molecule has 2 saturated heterocycles. The number of carbonyl (C=O) groups is 1. The van der Waals surface area contributed by atoms with E-state index in [2.05, 4.69) is 31.0 Å². The fraction of sp³-hybridized carbons (Fsp3) is 0.917. The Morgan fingerprint density at radius 3 is 2.69 bits per heavy atom. The number of hydrogen-bond donors (Lipinski definition) is 1. The number of piperazine rings is 1. The summed E-state index contributed by atoms with van der Waals surface area (Å²) >= 11 is 1.84. The summed E-state index contributed by atoms with van der Waals surface area (Å²) in [5, 5.41) is 3.36. The summed E-state index contributed by atoms with van der Waals surface area (Å²) in [6.07, 6.45) is 2.22. The first-order chi connectivity index (χ1) is 7.46. The van der Waals surface area contributed by atoms with Crippen molar-refractivity contribution in [2.45, 2.75) is 43.9 Å². The smallest absolute Gasteiger partial charge is 0.239 e. The van der Waals surface area contributed by atoms with E-state index in [0.29, 0.717) is 5.91 Å². The molecule has 2 aliphatic rings. The predicted molar refractivity (Wildman–Crippen MR) is 68.8 cm³/mol. The van der Waals surface area contributed by atoms with Crippen LogP contribution in [0.4, 0.5) is 0 Å². The minimum absolute atomic E-state index is 0.0402. The fourth-order valence-electron chi connectivity index (χ4n) is 2.59. The molecule has 4 heteroatoms. The molecule has 92 valence electrons. The number of carbonyl (C=O) groups excluding carboxylic acids is 1. The van der Waals surface area contributed by atoms with Crippen molar-refractivity contribution in [3.8, 4) is 0 Å². The van der Waals surface area contributed by atoms with Gasteiger partial charge in [0.1, 0.15) is 0 Å². The Balaban J connectivity index is 2.13. The maximum atomic E-state index is 12.6. The highest BCUT2D eigenvalue weighted by Crippen LogP contribution is 2.40. The summed E-state index contributed by atoms with van der Waals surface area (Å²) in [7, 11) is 0. The van der Waals surface area contributed by atoms with E-state index >= 15 is 0 Å². The lowest BCUT2D eigenvalue weighted by Gasteiger charge is -2.45. The van der Waals surface area contributed by atoms with Gasteiger partial charge < -0.3 is 10.2 Å². The van der Waals surface area contributed by atoms with Gasteiger partial charge in [-0.3, -0.25) is 4.79 Å². The lowest BCUT2D eigenvalue weighted by atomic mass is 9.95. The lowest BCUT2D eigenvalue weighted by molar-refractivity contribution is -0.140. The largest absolute Gasteiger partial charge is 0.334 e. The number of nitrogens with zero attached hydrogens (tertiary/aromatic N) is 1. The Hall–Kier alpha value is -0.220. The molecular formula is C12H22N2OS. The predicted octanol–water partition coefficient (Wildman–Crippen LogP) is 1.48. The van der Waals surface area contributed by atoms with Gasteiger partial charge in [-0.05, 0) is 39.4 Å². The van der Waals surface area contributed by atoms with Crippen LogP contribution >= 0.6 is 11.8 Å². The molecule has 2 fully saturated rings. The SMILES string of the molecule is CC1(C(=O)N2CCNCC2(C)C)CCCS1. The Kier molecular flexibility index (Phi) is 3.23. The molecule has 2 rings (SSSR count). The van der Waals surface area contributed by atoms with Crippen LogP contribution in [0.1, 0.15) is 33.6 Å². The summed E-state index contributed by atoms with van der Waals surface area (Å²) in [6.45, 7) is 9.10. The molecule has 0 spiro atoms. The molecule has 0 radical (unpaired) electrons. The van der Waals surface area contributed by atoms with Gasteiger partial charge in [0, 0.05) is 25.2 Å². The van der Waals surface area contributed by atoms with Crippen LogP contribution in [-0.2, 0) is 4.79 Å². The molecule has 1 amide bonds. The highest BCUT2D eigenvalue weighted by molar-refractivity contribution is 8.01. The molecule has 1 N–H and O–H groups in total. The van der Waals surface area contributed by atoms with E-state index in [9.17, 15) is 4.79 Å². The molecule has 3 nitrogen and oxygen atoms in total. The molecule has 0 aromatic carbocycles. The van der Waals surface area contributed by atoms with Crippen molar-refractivity contribution >= 4 is 17.7 Å². The summed E-state index contributed by atoms with van der Waals surface area (Å²) in [6, 6.07) is 0. The van der Waals surface area contributed by atoms with E-state index in [-0.39, 0.29) is 10.3 Å². The average molecular weight is 242 g/mol. The molecule has 0 aromatic heterocycles. The van der Waals surface area contributed by atoms with Gasteiger partial charge in [0.25, 0.3) is 0 Å². The zero-order valence-corrected chi connectivity index (χ0v) is 11.3. The van der Waals surface area contributed by atoms with Crippen LogP contribution in [0.2, 0.25) is 0 Å². The zero-order chi connectivity index (χ0) is 11.8. The van der Waals surface area contributed by atoms with E-state index in [1.54, 1.807) is 0 Å². The molecule has 2 aliphatic heterocycles. The topological polar surface area (TPSA) is 32.3 Å². The molecule has 1 unspecified atom stereocenters. The Morgan fingerprint density at radius 2 is 2.12 bits per heavy atom. The van der Waals surface area contributed by atoms with Crippen molar-refractivity contribution in [2.24, 2.45) is 0 Å². The van der Waals surface area contributed by atoms with E-state index < -0.39 is 0 Å². The molecule has 0 aliphatic carbocycles. The van der Waals surface area contributed by atoms with Crippen molar-refractivity contribution in [2.75, 3.05) is 25.4 Å². The number of nitrogens with one attached hydrogen (secondary N) is 1. The van der Waals surface area contributed by atoms with Crippen molar-refractivity contribution in [1.82, 2.24) is 10.2 Å². The molecule has 0 bridgehead atoms. The normalized spacial score (nSPS) is 34.1. The third kappa shape index (κ3) is 2.09. The van der Waals surface area contributed by atoms with E-state index in [1.165, 1.54) is 6.42 Å². The molecule has 0 saturated carbocycles. The quantitative estimate of drug-likeness (QED) is 0.756. The molecule has 0 aromatic rings. The van der Waals surface area contributed by atoms with Crippen LogP contribution in [0.3, 0.4) is 0 Å². The minimum atomic E-state index is -0.158. The van der Waals surface area contributed by atoms with Crippen molar-refractivity contribution < 1.29 is 4.79 Å². The van der Waals surface area contributed by atoms with Crippen LogP contribution < -0.4 is 5.32 Å². The van der Waals surface area contributed by atoms with Gasteiger partial charge >= 0.3 is 0 Å². The van der Waals surface area contributed by atoms with Crippen LogP contribution in [-0.4, -0.2) is 46.5 Å². The van der Waals surface area contributed by atoms with Crippen LogP contribution in [0.15, 0.2) is 0 Å². The molecule has 2 heterocycles. The summed E-state index contributed by atoms with van der Waals surface area (Å²) in [4.78, 5) is 14.7. The third-order valence-corrected chi connectivity index (χ3v) is 5.23. The summed E-state index contributed by atoms with van der Waals surface area (Å²) < 4.78 is -0.158. The first-order valence-electron chi connectivity index (χ1n) is 6.12. The van der Waals surface area contributed by atoms with E-state index in [0.717, 1.165) is 31.8 Å². The molecule has 16 heavy (non-hydrogen) atoms. The van der Waals surface area contributed by atoms with Crippen LogP contribution in [0.25, 0.3) is 0 Å². The van der Waals surface area contributed by atoms with Crippen molar-refractivity contribution in [3.05, 3.63) is 0 Å². The van der Waals surface area contributed by atoms with E-state index in [1.807, 2.05) is 11.8 Å². The number of amides is 1. The van der Waals surface area contributed by atoms with E-state index in [4.69, 9.17) is 0 Å². The zero-order valence-electron chi connectivity index (χ0n) is 10.5. The van der Waals surface area contributed by atoms with Gasteiger partial charge in [0.05, 0.1) is 4.75 Å². The van der Waals surface area contributed by atoms with Gasteiger partial charge in [0.15, 0.2) is 0 Å². The highest BCUT2D eigenvalue weighted by atomic mass is 32.2. The monoisotopic (exact) mass is 242 g/mol. The number of hydrogen-bond acceptors (Lipinski definition) is 3. The Labute approximate surface area is 102 Å². The van der Waals surface area contributed by atoms with Crippen LogP contribution in [0, 0.1) is 0 Å². The summed E-state index contributed by atoms with van der Waals surface area (Å²) in [5.41, 5.74) is -0.0402. The first-order valence-corrected chi connectivity index (χ1v) is 7.11. The standard InChI is InChI=1S/C12H22N2OS/c1-11(2)9-13-6-7-14(11)10(15)12(3)5-4-8-16-12/h13H,4-9H2,1-3H3. The number of thioether (sulfide) groups is 1. The Morgan fingerprint density at radius 1 is 1.38 bits per heavy atom. The van der Waals surface area contributed by atoms with Gasteiger partial charge in [-0.15, -0.1) is 11.8 Å². The second kappa shape index (κ2) is 4.22. The number of rotatable bonds is 1. The van der Waals surface area contributed by atoms with Crippen molar-refractivity contribution in [1.29, 1.82) is 0 Å². The van der Waals surface area contributed by atoms with Crippen molar-refractivity contribution in [3.63, 3.8) is 0 Å². The van der Waals surface area contributed by atoms with Crippen LogP contribution in [0.5, 0.6) is 0 Å².